The second-order valence-electron chi connectivity index (χ2n) is 4.44. The summed E-state index contributed by atoms with van der Waals surface area (Å²) in [6.45, 7) is 5.00. The van der Waals surface area contributed by atoms with Gasteiger partial charge < -0.3 is 10.1 Å². The van der Waals surface area contributed by atoms with E-state index < -0.39 is 11.4 Å². The number of benzene rings is 1. The van der Waals surface area contributed by atoms with Crippen LogP contribution in [0.4, 0.5) is 5.69 Å². The van der Waals surface area contributed by atoms with Crippen LogP contribution in [0.5, 0.6) is 0 Å². The molecule has 17 heavy (non-hydrogen) atoms. The Hall–Kier alpha value is -1.84. The van der Waals surface area contributed by atoms with Crippen molar-refractivity contribution in [3.8, 4) is 0 Å². The van der Waals surface area contributed by atoms with Crippen LogP contribution >= 0.6 is 0 Å². The molecule has 0 aromatic heterocycles. The van der Waals surface area contributed by atoms with Crippen LogP contribution in [0, 0.1) is 12.3 Å². The van der Waals surface area contributed by atoms with Gasteiger partial charge in [0, 0.05) is 5.69 Å². The molecule has 0 atom stereocenters. The molecule has 0 fully saturated rings. The summed E-state index contributed by atoms with van der Waals surface area (Å²) < 4.78 is 4.60. The van der Waals surface area contributed by atoms with E-state index >= 15 is 0 Å². The highest BCUT2D eigenvalue weighted by molar-refractivity contribution is 6.08. The van der Waals surface area contributed by atoms with Crippen molar-refractivity contribution in [1.29, 1.82) is 0 Å². The van der Waals surface area contributed by atoms with Crippen LogP contribution in [0.25, 0.3) is 0 Å². The number of amides is 1. The zero-order chi connectivity index (χ0) is 13.1. The van der Waals surface area contributed by atoms with Gasteiger partial charge in [-0.15, -0.1) is 0 Å². The SMILES string of the molecule is COC(=O)C(C)(C)C(=O)Nc1cccc(C)c1. The van der Waals surface area contributed by atoms with Crippen molar-refractivity contribution >= 4 is 17.6 Å². The van der Waals surface area contributed by atoms with Crippen molar-refractivity contribution in [3.63, 3.8) is 0 Å². The van der Waals surface area contributed by atoms with Crippen LogP contribution < -0.4 is 5.32 Å². The Morgan fingerprint density at radius 2 is 1.94 bits per heavy atom. The Balaban J connectivity index is 2.82. The minimum absolute atomic E-state index is 0.380. The van der Waals surface area contributed by atoms with Gasteiger partial charge in [0.25, 0.3) is 0 Å². The van der Waals surface area contributed by atoms with E-state index in [4.69, 9.17) is 0 Å². The van der Waals surface area contributed by atoms with E-state index in [2.05, 4.69) is 10.1 Å². The van der Waals surface area contributed by atoms with E-state index in [-0.39, 0.29) is 5.91 Å². The number of hydrogen-bond donors (Lipinski definition) is 1. The lowest BCUT2D eigenvalue weighted by atomic mass is 9.92. The molecule has 4 nitrogen and oxygen atoms in total. The number of carbonyl (C=O) groups excluding carboxylic acids is 2. The van der Waals surface area contributed by atoms with Gasteiger partial charge in [-0.1, -0.05) is 12.1 Å². The van der Waals surface area contributed by atoms with Gasteiger partial charge >= 0.3 is 5.97 Å². The molecule has 0 saturated carbocycles. The van der Waals surface area contributed by atoms with Gasteiger partial charge in [0.05, 0.1) is 7.11 Å². The number of esters is 1. The molecule has 0 bridgehead atoms. The highest BCUT2D eigenvalue weighted by Crippen LogP contribution is 2.20. The van der Waals surface area contributed by atoms with Crippen LogP contribution in [-0.2, 0) is 14.3 Å². The number of ether oxygens (including phenoxy) is 1. The minimum atomic E-state index is -1.20. The molecule has 0 aliphatic rings. The zero-order valence-electron chi connectivity index (χ0n) is 10.5. The van der Waals surface area contributed by atoms with E-state index in [0.717, 1.165) is 5.56 Å². The fourth-order valence-electron chi connectivity index (χ4n) is 1.36. The average molecular weight is 235 g/mol. The van der Waals surface area contributed by atoms with Crippen molar-refractivity contribution in [2.24, 2.45) is 5.41 Å². The van der Waals surface area contributed by atoms with Gasteiger partial charge in [0.15, 0.2) is 0 Å². The molecular weight excluding hydrogens is 218 g/mol. The number of rotatable bonds is 3. The van der Waals surface area contributed by atoms with E-state index in [9.17, 15) is 9.59 Å². The second-order valence-corrected chi connectivity index (χ2v) is 4.44. The molecule has 1 aromatic carbocycles. The van der Waals surface area contributed by atoms with Crippen molar-refractivity contribution in [2.45, 2.75) is 20.8 Å². The molecule has 1 amide bonds. The van der Waals surface area contributed by atoms with Gasteiger partial charge in [-0.25, -0.2) is 0 Å². The smallest absolute Gasteiger partial charge is 0.320 e. The number of hydrogen-bond acceptors (Lipinski definition) is 3. The highest BCUT2D eigenvalue weighted by Gasteiger charge is 2.37. The number of anilines is 1. The third kappa shape index (κ3) is 3.06. The van der Waals surface area contributed by atoms with Crippen LogP contribution in [-0.4, -0.2) is 19.0 Å². The summed E-state index contributed by atoms with van der Waals surface area (Å²) >= 11 is 0. The van der Waals surface area contributed by atoms with Crippen LogP contribution in [0.3, 0.4) is 0 Å². The summed E-state index contributed by atoms with van der Waals surface area (Å²) in [5.41, 5.74) is 0.518. The maximum atomic E-state index is 11.9. The average Bonchev–Trinajstić information content (AvgIpc) is 2.27. The molecule has 0 aliphatic carbocycles. The molecule has 1 rings (SSSR count). The molecule has 1 N–H and O–H groups in total. The Bertz CT molecular complexity index is 438. The van der Waals surface area contributed by atoms with Gasteiger partial charge in [-0.3, -0.25) is 9.59 Å². The van der Waals surface area contributed by atoms with Crippen molar-refractivity contribution in [1.82, 2.24) is 0 Å². The summed E-state index contributed by atoms with van der Waals surface area (Å²) in [6.07, 6.45) is 0. The molecule has 0 heterocycles. The lowest BCUT2D eigenvalue weighted by Crippen LogP contribution is -2.38. The number of nitrogens with one attached hydrogen (secondary N) is 1. The summed E-state index contributed by atoms with van der Waals surface area (Å²) in [7, 11) is 1.27. The molecular formula is C13H17NO3. The molecule has 0 saturated heterocycles. The molecule has 0 aliphatic heterocycles. The standard InChI is InChI=1S/C13H17NO3/c1-9-6-5-7-10(8-9)14-11(15)13(2,3)12(16)17-4/h5-8H,1-4H3,(H,14,15). The Kier molecular flexibility index (Phi) is 3.89. The van der Waals surface area contributed by atoms with Gasteiger partial charge in [-0.05, 0) is 38.5 Å². The predicted molar refractivity (Wildman–Crippen MR) is 65.6 cm³/mol. The van der Waals surface area contributed by atoms with Gasteiger partial charge in [-0.2, -0.15) is 0 Å². The van der Waals surface area contributed by atoms with Gasteiger partial charge in [0.1, 0.15) is 5.41 Å². The molecule has 0 unspecified atom stereocenters. The Morgan fingerprint density at radius 1 is 1.29 bits per heavy atom. The van der Waals surface area contributed by atoms with E-state index in [1.54, 1.807) is 6.07 Å². The highest BCUT2D eigenvalue weighted by atomic mass is 16.5. The molecule has 4 heteroatoms. The predicted octanol–water partition coefficient (Wildman–Crippen LogP) is 2.13. The summed E-state index contributed by atoms with van der Waals surface area (Å²) in [5.74, 6) is -0.933. The van der Waals surface area contributed by atoms with E-state index in [1.807, 2.05) is 25.1 Å². The molecule has 92 valence electrons. The number of methoxy groups -OCH3 is 1. The van der Waals surface area contributed by atoms with Crippen molar-refractivity contribution in [3.05, 3.63) is 29.8 Å². The molecule has 0 spiro atoms. The van der Waals surface area contributed by atoms with E-state index in [1.165, 1.54) is 21.0 Å². The van der Waals surface area contributed by atoms with Gasteiger partial charge in [0.2, 0.25) is 5.91 Å². The largest absolute Gasteiger partial charge is 0.468 e. The second kappa shape index (κ2) is 4.99. The van der Waals surface area contributed by atoms with Crippen LogP contribution in [0.2, 0.25) is 0 Å². The maximum absolute atomic E-state index is 11.9. The summed E-state index contributed by atoms with van der Waals surface area (Å²) in [4.78, 5) is 23.4. The van der Waals surface area contributed by atoms with Crippen molar-refractivity contribution in [2.75, 3.05) is 12.4 Å². The fourth-order valence-corrected chi connectivity index (χ4v) is 1.36. The first-order valence-corrected chi connectivity index (χ1v) is 5.34. The fraction of sp³-hybridized carbons (Fsp3) is 0.385. The summed E-state index contributed by atoms with van der Waals surface area (Å²) in [5, 5.41) is 2.70. The molecule has 1 aromatic rings. The molecule has 0 radical (unpaired) electrons. The first-order valence-electron chi connectivity index (χ1n) is 5.34. The number of aryl methyl sites for hydroxylation is 1. The maximum Gasteiger partial charge on any atom is 0.320 e. The number of carbonyl (C=O) groups is 2. The Labute approximate surface area is 101 Å². The monoisotopic (exact) mass is 235 g/mol. The topological polar surface area (TPSA) is 55.4 Å². The van der Waals surface area contributed by atoms with Crippen LogP contribution in [0.15, 0.2) is 24.3 Å². The third-order valence-corrected chi connectivity index (χ3v) is 2.54. The third-order valence-electron chi connectivity index (χ3n) is 2.54. The lowest BCUT2D eigenvalue weighted by molar-refractivity contribution is -0.154. The van der Waals surface area contributed by atoms with Crippen LogP contribution in [0.1, 0.15) is 19.4 Å². The zero-order valence-corrected chi connectivity index (χ0v) is 10.5. The van der Waals surface area contributed by atoms with Crippen molar-refractivity contribution < 1.29 is 14.3 Å². The first-order chi connectivity index (χ1) is 7.87. The minimum Gasteiger partial charge on any atom is -0.468 e. The summed E-state index contributed by atoms with van der Waals surface area (Å²) in [6, 6.07) is 7.39. The Morgan fingerprint density at radius 3 is 2.47 bits per heavy atom. The first kappa shape index (κ1) is 13.2. The van der Waals surface area contributed by atoms with E-state index in [0.29, 0.717) is 5.69 Å². The quantitative estimate of drug-likeness (QED) is 0.645. The normalized spacial score (nSPS) is 10.8. The lowest BCUT2D eigenvalue weighted by Gasteiger charge is -2.20.